The standard InChI is InChI=1S/C17H19ClFN3O/c1-2-3-4-9-20-17(23)16-8-6-13(11-21-16)22-12-5-7-15(19)14(18)10-12/h5-8,10-11,22H,2-4,9H2,1H3,(H,20,23). The average molecular weight is 336 g/mol. The number of hydrogen-bond acceptors (Lipinski definition) is 3. The van der Waals surface area contributed by atoms with Crippen LogP contribution in [0.5, 0.6) is 0 Å². The summed E-state index contributed by atoms with van der Waals surface area (Å²) in [7, 11) is 0. The molecule has 4 nitrogen and oxygen atoms in total. The molecular formula is C17H19ClFN3O. The molecule has 0 unspecified atom stereocenters. The quantitative estimate of drug-likeness (QED) is 0.730. The van der Waals surface area contributed by atoms with Gasteiger partial charge in [-0.15, -0.1) is 0 Å². The summed E-state index contributed by atoms with van der Waals surface area (Å²) in [5, 5.41) is 5.94. The van der Waals surface area contributed by atoms with E-state index in [4.69, 9.17) is 11.6 Å². The molecule has 0 saturated carbocycles. The Morgan fingerprint density at radius 3 is 2.65 bits per heavy atom. The highest BCUT2D eigenvalue weighted by Crippen LogP contribution is 2.22. The predicted octanol–water partition coefficient (Wildman–Crippen LogP) is 4.54. The van der Waals surface area contributed by atoms with E-state index < -0.39 is 5.82 Å². The molecular weight excluding hydrogens is 317 g/mol. The fourth-order valence-corrected chi connectivity index (χ4v) is 2.19. The molecule has 0 aliphatic carbocycles. The van der Waals surface area contributed by atoms with Gasteiger partial charge in [-0.2, -0.15) is 0 Å². The maximum Gasteiger partial charge on any atom is 0.269 e. The maximum atomic E-state index is 13.1. The number of pyridine rings is 1. The van der Waals surface area contributed by atoms with Crippen molar-refractivity contribution < 1.29 is 9.18 Å². The number of anilines is 2. The van der Waals surface area contributed by atoms with Crippen molar-refractivity contribution in [2.24, 2.45) is 0 Å². The van der Waals surface area contributed by atoms with Gasteiger partial charge in [-0.25, -0.2) is 9.37 Å². The first kappa shape index (κ1) is 17.2. The highest BCUT2D eigenvalue weighted by atomic mass is 35.5. The van der Waals surface area contributed by atoms with Crippen LogP contribution in [-0.4, -0.2) is 17.4 Å². The Morgan fingerprint density at radius 1 is 1.22 bits per heavy atom. The minimum atomic E-state index is -0.467. The Kier molecular flexibility index (Phi) is 6.35. The smallest absolute Gasteiger partial charge is 0.269 e. The molecule has 2 aromatic rings. The van der Waals surface area contributed by atoms with Gasteiger partial charge < -0.3 is 10.6 Å². The molecule has 0 fully saturated rings. The van der Waals surface area contributed by atoms with Gasteiger partial charge in [0.05, 0.1) is 16.9 Å². The molecule has 2 N–H and O–H groups in total. The summed E-state index contributed by atoms with van der Waals surface area (Å²) < 4.78 is 13.1. The summed E-state index contributed by atoms with van der Waals surface area (Å²) in [5.74, 6) is -0.650. The van der Waals surface area contributed by atoms with Gasteiger partial charge in [-0.3, -0.25) is 4.79 Å². The number of nitrogens with one attached hydrogen (secondary N) is 2. The summed E-state index contributed by atoms with van der Waals surface area (Å²) >= 11 is 5.73. The molecule has 1 amide bonds. The Balaban J connectivity index is 1.93. The zero-order valence-electron chi connectivity index (χ0n) is 12.9. The van der Waals surface area contributed by atoms with Gasteiger partial charge in [0.1, 0.15) is 11.5 Å². The Morgan fingerprint density at radius 2 is 2.00 bits per heavy atom. The van der Waals surface area contributed by atoms with Crippen LogP contribution in [0.2, 0.25) is 5.02 Å². The number of amides is 1. The Bertz CT molecular complexity index is 661. The number of carbonyl (C=O) groups excluding carboxylic acids is 1. The lowest BCUT2D eigenvalue weighted by atomic mass is 10.2. The van der Waals surface area contributed by atoms with Crippen LogP contribution in [0, 0.1) is 5.82 Å². The molecule has 0 aliphatic rings. The monoisotopic (exact) mass is 335 g/mol. The van der Waals surface area contributed by atoms with Gasteiger partial charge in [0, 0.05) is 12.2 Å². The van der Waals surface area contributed by atoms with Gasteiger partial charge in [0.2, 0.25) is 0 Å². The van der Waals surface area contributed by atoms with Gasteiger partial charge in [0.15, 0.2) is 0 Å². The zero-order chi connectivity index (χ0) is 16.7. The third-order valence-corrected chi connectivity index (χ3v) is 3.56. The van der Waals surface area contributed by atoms with E-state index in [0.717, 1.165) is 19.3 Å². The Hall–Kier alpha value is -2.14. The number of unbranched alkanes of at least 4 members (excludes halogenated alkanes) is 2. The topological polar surface area (TPSA) is 54.0 Å². The molecule has 0 bridgehead atoms. The average Bonchev–Trinajstić information content (AvgIpc) is 2.55. The highest BCUT2D eigenvalue weighted by Gasteiger charge is 2.07. The van der Waals surface area contributed by atoms with Crippen LogP contribution < -0.4 is 10.6 Å². The summed E-state index contributed by atoms with van der Waals surface area (Å²) in [5.41, 5.74) is 1.70. The lowest BCUT2D eigenvalue weighted by Crippen LogP contribution is -2.25. The number of hydrogen-bond donors (Lipinski definition) is 2. The van der Waals surface area contributed by atoms with Gasteiger partial charge in [-0.05, 0) is 36.8 Å². The zero-order valence-corrected chi connectivity index (χ0v) is 13.7. The first-order chi connectivity index (χ1) is 11.1. The van der Waals surface area contributed by atoms with Crippen molar-refractivity contribution >= 4 is 28.9 Å². The molecule has 6 heteroatoms. The molecule has 23 heavy (non-hydrogen) atoms. The molecule has 0 spiro atoms. The van der Waals surface area contributed by atoms with E-state index in [1.165, 1.54) is 12.1 Å². The largest absolute Gasteiger partial charge is 0.354 e. The lowest BCUT2D eigenvalue weighted by molar-refractivity contribution is 0.0948. The number of benzene rings is 1. The Labute approximate surface area is 140 Å². The number of rotatable bonds is 7. The van der Waals surface area contributed by atoms with E-state index in [-0.39, 0.29) is 10.9 Å². The number of aromatic nitrogens is 1. The van der Waals surface area contributed by atoms with Crippen LogP contribution in [0.4, 0.5) is 15.8 Å². The van der Waals surface area contributed by atoms with E-state index in [9.17, 15) is 9.18 Å². The fraction of sp³-hybridized carbons (Fsp3) is 0.294. The summed E-state index contributed by atoms with van der Waals surface area (Å²) in [6.45, 7) is 2.77. The van der Waals surface area contributed by atoms with Crippen molar-refractivity contribution in [2.45, 2.75) is 26.2 Å². The highest BCUT2D eigenvalue weighted by molar-refractivity contribution is 6.31. The van der Waals surface area contributed by atoms with E-state index in [1.807, 2.05) is 0 Å². The van der Waals surface area contributed by atoms with Gasteiger partial charge in [-0.1, -0.05) is 31.4 Å². The van der Waals surface area contributed by atoms with Crippen LogP contribution >= 0.6 is 11.6 Å². The molecule has 0 aliphatic heterocycles. The number of carbonyl (C=O) groups is 1. The molecule has 1 heterocycles. The minimum absolute atomic E-state index is 0.0473. The van der Waals surface area contributed by atoms with E-state index in [1.54, 1.807) is 24.4 Å². The number of nitrogens with zero attached hydrogens (tertiary/aromatic N) is 1. The predicted molar refractivity (Wildman–Crippen MR) is 90.8 cm³/mol. The SMILES string of the molecule is CCCCCNC(=O)c1ccc(Nc2ccc(F)c(Cl)c2)cn1. The van der Waals surface area contributed by atoms with Crippen LogP contribution in [-0.2, 0) is 0 Å². The first-order valence-electron chi connectivity index (χ1n) is 7.56. The van der Waals surface area contributed by atoms with Crippen LogP contribution in [0.1, 0.15) is 36.7 Å². The van der Waals surface area contributed by atoms with Crippen LogP contribution in [0.25, 0.3) is 0 Å². The van der Waals surface area contributed by atoms with Crippen molar-refractivity contribution in [3.05, 3.63) is 53.1 Å². The van der Waals surface area contributed by atoms with Gasteiger partial charge in [0.25, 0.3) is 5.91 Å². The van der Waals surface area contributed by atoms with Gasteiger partial charge >= 0.3 is 0 Å². The minimum Gasteiger partial charge on any atom is -0.354 e. The summed E-state index contributed by atoms with van der Waals surface area (Å²) in [6, 6.07) is 7.74. The molecule has 122 valence electrons. The second-order valence-electron chi connectivity index (χ2n) is 5.15. The molecule has 0 atom stereocenters. The third kappa shape index (κ3) is 5.21. The van der Waals surface area contributed by atoms with Crippen LogP contribution in [0.15, 0.2) is 36.5 Å². The molecule has 2 rings (SSSR count). The van der Waals surface area contributed by atoms with Crippen molar-refractivity contribution in [2.75, 3.05) is 11.9 Å². The van der Waals surface area contributed by atoms with Crippen molar-refractivity contribution in [1.29, 1.82) is 0 Å². The summed E-state index contributed by atoms with van der Waals surface area (Å²) in [6.07, 6.45) is 4.73. The normalized spacial score (nSPS) is 10.4. The van der Waals surface area contributed by atoms with Crippen molar-refractivity contribution in [3.63, 3.8) is 0 Å². The van der Waals surface area contributed by atoms with Crippen molar-refractivity contribution in [1.82, 2.24) is 10.3 Å². The molecule has 0 radical (unpaired) electrons. The van der Waals surface area contributed by atoms with E-state index in [0.29, 0.717) is 23.6 Å². The number of halogens is 2. The van der Waals surface area contributed by atoms with E-state index >= 15 is 0 Å². The molecule has 1 aromatic heterocycles. The second-order valence-corrected chi connectivity index (χ2v) is 5.56. The maximum absolute atomic E-state index is 13.1. The first-order valence-corrected chi connectivity index (χ1v) is 7.94. The summed E-state index contributed by atoms with van der Waals surface area (Å²) in [4.78, 5) is 16.0. The molecule has 1 aromatic carbocycles. The second kappa shape index (κ2) is 8.48. The van der Waals surface area contributed by atoms with E-state index in [2.05, 4.69) is 22.5 Å². The third-order valence-electron chi connectivity index (χ3n) is 3.27. The molecule has 0 saturated heterocycles. The van der Waals surface area contributed by atoms with Crippen molar-refractivity contribution in [3.8, 4) is 0 Å². The van der Waals surface area contributed by atoms with Crippen LogP contribution in [0.3, 0.4) is 0 Å². The fourth-order valence-electron chi connectivity index (χ4n) is 2.01. The lowest BCUT2D eigenvalue weighted by Gasteiger charge is -2.08.